The van der Waals surface area contributed by atoms with Gasteiger partial charge in [-0.15, -0.1) is 0 Å². The number of halogens is 3. The van der Waals surface area contributed by atoms with Crippen molar-refractivity contribution in [3.05, 3.63) is 29.3 Å². The van der Waals surface area contributed by atoms with E-state index in [4.69, 9.17) is 10.00 Å². The topological polar surface area (TPSA) is 36.3 Å². The Morgan fingerprint density at radius 2 is 2.20 bits per heavy atom. The van der Waals surface area contributed by atoms with Crippen molar-refractivity contribution in [2.24, 2.45) is 0 Å². The minimum Gasteiger partial charge on any atom is -0.491 e. The van der Waals surface area contributed by atoms with Crippen molar-refractivity contribution in [1.82, 2.24) is 4.90 Å². The Balaban J connectivity index is 2.10. The van der Waals surface area contributed by atoms with E-state index in [0.29, 0.717) is 6.61 Å². The SMILES string of the molecule is CN1CCCC1COc1ccc(C(F)(F)F)cc1C#N. The summed E-state index contributed by atoms with van der Waals surface area (Å²) in [6.45, 7) is 1.38. The Morgan fingerprint density at radius 3 is 2.75 bits per heavy atom. The molecule has 1 atom stereocenters. The predicted molar refractivity (Wildman–Crippen MR) is 67.3 cm³/mol. The Bertz CT molecular complexity index is 522. The summed E-state index contributed by atoms with van der Waals surface area (Å²) in [6.07, 6.45) is -2.36. The largest absolute Gasteiger partial charge is 0.491 e. The summed E-state index contributed by atoms with van der Waals surface area (Å²) >= 11 is 0. The van der Waals surface area contributed by atoms with Crippen molar-refractivity contribution in [2.45, 2.75) is 25.1 Å². The van der Waals surface area contributed by atoms with Crippen LogP contribution in [-0.4, -0.2) is 31.1 Å². The molecule has 1 aromatic rings. The molecule has 0 N–H and O–H groups in total. The second kappa shape index (κ2) is 5.71. The first kappa shape index (κ1) is 14.7. The van der Waals surface area contributed by atoms with E-state index in [-0.39, 0.29) is 17.4 Å². The number of hydrogen-bond acceptors (Lipinski definition) is 3. The normalized spacial score (nSPS) is 19.9. The van der Waals surface area contributed by atoms with Gasteiger partial charge in [0.15, 0.2) is 0 Å². The first-order valence-electron chi connectivity index (χ1n) is 6.36. The van der Waals surface area contributed by atoms with E-state index >= 15 is 0 Å². The van der Waals surface area contributed by atoms with Gasteiger partial charge >= 0.3 is 6.18 Å². The number of benzene rings is 1. The van der Waals surface area contributed by atoms with Crippen molar-refractivity contribution in [1.29, 1.82) is 5.26 Å². The number of nitrogens with zero attached hydrogens (tertiary/aromatic N) is 2. The third kappa shape index (κ3) is 3.23. The Kier molecular flexibility index (Phi) is 4.19. The lowest BCUT2D eigenvalue weighted by atomic mass is 10.1. The monoisotopic (exact) mass is 284 g/mol. The summed E-state index contributed by atoms with van der Waals surface area (Å²) in [6, 6.07) is 4.99. The molecular weight excluding hydrogens is 269 g/mol. The highest BCUT2D eigenvalue weighted by Gasteiger charge is 2.31. The molecule has 1 aliphatic rings. The zero-order chi connectivity index (χ0) is 14.8. The number of likely N-dealkylation sites (N-methyl/N-ethyl adjacent to an activating group) is 1. The van der Waals surface area contributed by atoms with Crippen LogP contribution in [0.1, 0.15) is 24.0 Å². The summed E-state index contributed by atoms with van der Waals surface area (Å²) < 4.78 is 43.2. The molecule has 0 amide bonds. The molecule has 3 nitrogen and oxygen atoms in total. The van der Waals surface area contributed by atoms with E-state index < -0.39 is 11.7 Å². The van der Waals surface area contributed by atoms with Crippen LogP contribution in [0, 0.1) is 11.3 Å². The lowest BCUT2D eigenvalue weighted by molar-refractivity contribution is -0.137. The van der Waals surface area contributed by atoms with E-state index in [9.17, 15) is 13.2 Å². The van der Waals surface area contributed by atoms with Crippen LogP contribution in [-0.2, 0) is 6.18 Å². The van der Waals surface area contributed by atoms with E-state index in [0.717, 1.165) is 31.5 Å². The second-order valence-corrected chi connectivity index (χ2v) is 4.91. The number of likely N-dealkylation sites (tertiary alicyclic amines) is 1. The van der Waals surface area contributed by atoms with Crippen LogP contribution in [0.4, 0.5) is 13.2 Å². The van der Waals surface area contributed by atoms with Crippen molar-refractivity contribution in [3.63, 3.8) is 0 Å². The molecule has 1 aromatic carbocycles. The van der Waals surface area contributed by atoms with Gasteiger partial charge in [0.2, 0.25) is 0 Å². The Hall–Kier alpha value is -1.74. The minimum atomic E-state index is -4.45. The molecule has 1 heterocycles. The molecule has 1 fully saturated rings. The fraction of sp³-hybridized carbons (Fsp3) is 0.500. The zero-order valence-corrected chi connectivity index (χ0v) is 11.1. The van der Waals surface area contributed by atoms with Crippen LogP contribution in [0.15, 0.2) is 18.2 Å². The van der Waals surface area contributed by atoms with E-state index in [1.54, 1.807) is 6.07 Å². The molecule has 0 radical (unpaired) electrons. The smallest absolute Gasteiger partial charge is 0.416 e. The molecule has 20 heavy (non-hydrogen) atoms. The van der Waals surface area contributed by atoms with Gasteiger partial charge in [-0.05, 0) is 44.6 Å². The van der Waals surface area contributed by atoms with E-state index in [1.807, 2.05) is 7.05 Å². The first-order valence-corrected chi connectivity index (χ1v) is 6.36. The summed E-state index contributed by atoms with van der Waals surface area (Å²) in [5, 5.41) is 8.94. The molecule has 1 unspecified atom stereocenters. The second-order valence-electron chi connectivity index (χ2n) is 4.91. The summed E-state index contributed by atoms with van der Waals surface area (Å²) in [5.41, 5.74) is -0.917. The highest BCUT2D eigenvalue weighted by molar-refractivity contribution is 5.46. The molecular formula is C14H15F3N2O. The number of rotatable bonds is 3. The van der Waals surface area contributed by atoms with Crippen LogP contribution in [0.5, 0.6) is 5.75 Å². The Morgan fingerprint density at radius 1 is 1.45 bits per heavy atom. The van der Waals surface area contributed by atoms with Crippen molar-refractivity contribution < 1.29 is 17.9 Å². The molecule has 0 aromatic heterocycles. The van der Waals surface area contributed by atoms with Crippen LogP contribution in [0.25, 0.3) is 0 Å². The number of alkyl halides is 3. The van der Waals surface area contributed by atoms with Gasteiger partial charge < -0.3 is 9.64 Å². The molecule has 0 bridgehead atoms. The van der Waals surface area contributed by atoms with Gasteiger partial charge in [-0.3, -0.25) is 0 Å². The average Bonchev–Trinajstić information content (AvgIpc) is 2.80. The first-order chi connectivity index (χ1) is 9.41. The van der Waals surface area contributed by atoms with Crippen LogP contribution in [0.3, 0.4) is 0 Å². The van der Waals surface area contributed by atoms with Gasteiger partial charge in [0, 0.05) is 6.04 Å². The zero-order valence-electron chi connectivity index (χ0n) is 11.1. The molecule has 2 rings (SSSR count). The van der Waals surface area contributed by atoms with Crippen molar-refractivity contribution in [2.75, 3.05) is 20.2 Å². The molecule has 0 saturated carbocycles. The fourth-order valence-electron chi connectivity index (χ4n) is 2.30. The highest BCUT2D eigenvalue weighted by Crippen LogP contribution is 2.32. The number of nitriles is 1. The van der Waals surface area contributed by atoms with E-state index in [1.165, 1.54) is 6.07 Å². The number of ether oxygens (including phenoxy) is 1. The van der Waals surface area contributed by atoms with Crippen LogP contribution < -0.4 is 4.74 Å². The quantitative estimate of drug-likeness (QED) is 0.856. The maximum atomic E-state index is 12.6. The van der Waals surface area contributed by atoms with Gasteiger partial charge in [-0.2, -0.15) is 18.4 Å². The molecule has 0 spiro atoms. The number of hydrogen-bond donors (Lipinski definition) is 0. The lowest BCUT2D eigenvalue weighted by Crippen LogP contribution is -2.30. The minimum absolute atomic E-state index is 0.0829. The maximum absolute atomic E-state index is 12.6. The van der Waals surface area contributed by atoms with Crippen molar-refractivity contribution >= 4 is 0 Å². The van der Waals surface area contributed by atoms with Crippen LogP contribution in [0.2, 0.25) is 0 Å². The molecule has 108 valence electrons. The third-order valence-corrected chi connectivity index (χ3v) is 3.53. The van der Waals surface area contributed by atoms with Gasteiger partial charge in [-0.25, -0.2) is 0 Å². The molecule has 1 saturated heterocycles. The van der Waals surface area contributed by atoms with Gasteiger partial charge in [0.05, 0.1) is 11.1 Å². The summed E-state index contributed by atoms with van der Waals surface area (Å²) in [7, 11) is 1.99. The maximum Gasteiger partial charge on any atom is 0.416 e. The van der Waals surface area contributed by atoms with Crippen molar-refractivity contribution in [3.8, 4) is 11.8 Å². The van der Waals surface area contributed by atoms with Gasteiger partial charge in [0.25, 0.3) is 0 Å². The average molecular weight is 284 g/mol. The van der Waals surface area contributed by atoms with Crippen LogP contribution >= 0.6 is 0 Å². The molecule has 0 aliphatic carbocycles. The third-order valence-electron chi connectivity index (χ3n) is 3.53. The fourth-order valence-corrected chi connectivity index (χ4v) is 2.30. The van der Waals surface area contributed by atoms with Gasteiger partial charge in [-0.1, -0.05) is 0 Å². The predicted octanol–water partition coefficient (Wildman–Crippen LogP) is 3.05. The highest BCUT2D eigenvalue weighted by atomic mass is 19.4. The summed E-state index contributed by atoms with van der Waals surface area (Å²) in [4.78, 5) is 2.15. The van der Waals surface area contributed by atoms with E-state index in [2.05, 4.69) is 4.90 Å². The summed E-state index contributed by atoms with van der Waals surface area (Å²) in [5.74, 6) is 0.209. The Labute approximate surface area is 115 Å². The standard InChI is InChI=1S/C14H15F3N2O/c1-19-6-2-3-12(19)9-20-13-5-4-11(14(15,16)17)7-10(13)8-18/h4-5,7,12H,2-3,6,9H2,1H3. The molecule has 6 heteroatoms. The lowest BCUT2D eigenvalue weighted by Gasteiger charge is -2.20. The molecule has 1 aliphatic heterocycles. The van der Waals surface area contributed by atoms with Gasteiger partial charge in [0.1, 0.15) is 18.4 Å².